The molecule has 0 unspecified atom stereocenters. The number of pyridine rings is 1. The SMILES string of the molecule is CC(C)c1ccc(-c2cccn(C)c2=O)c(F)c1. The largest absolute Gasteiger partial charge is 0.318 e. The average molecular weight is 245 g/mol. The fourth-order valence-electron chi connectivity index (χ4n) is 1.91. The van der Waals surface area contributed by atoms with Crippen molar-refractivity contribution in [1.29, 1.82) is 0 Å². The zero-order chi connectivity index (χ0) is 13.3. The quantitative estimate of drug-likeness (QED) is 0.795. The van der Waals surface area contributed by atoms with Crippen molar-refractivity contribution in [3.05, 3.63) is 58.3 Å². The van der Waals surface area contributed by atoms with Gasteiger partial charge in [-0.15, -0.1) is 0 Å². The minimum atomic E-state index is -0.343. The van der Waals surface area contributed by atoms with Gasteiger partial charge in [-0.2, -0.15) is 0 Å². The van der Waals surface area contributed by atoms with E-state index in [9.17, 15) is 9.18 Å². The van der Waals surface area contributed by atoms with Crippen molar-refractivity contribution < 1.29 is 4.39 Å². The number of benzene rings is 1. The molecule has 2 rings (SSSR count). The normalized spacial score (nSPS) is 10.9. The van der Waals surface area contributed by atoms with Crippen LogP contribution in [0.3, 0.4) is 0 Å². The van der Waals surface area contributed by atoms with E-state index in [1.165, 1.54) is 10.6 Å². The zero-order valence-corrected chi connectivity index (χ0v) is 10.8. The number of halogens is 1. The van der Waals surface area contributed by atoms with Crippen molar-refractivity contribution in [2.45, 2.75) is 19.8 Å². The van der Waals surface area contributed by atoms with E-state index in [-0.39, 0.29) is 17.3 Å². The Morgan fingerprint density at radius 2 is 1.89 bits per heavy atom. The molecular weight excluding hydrogens is 229 g/mol. The van der Waals surface area contributed by atoms with Crippen molar-refractivity contribution in [3.8, 4) is 11.1 Å². The van der Waals surface area contributed by atoms with E-state index < -0.39 is 0 Å². The Kier molecular flexibility index (Phi) is 3.32. The van der Waals surface area contributed by atoms with Gasteiger partial charge in [0.2, 0.25) is 0 Å². The predicted octanol–water partition coefficient (Wildman–Crippen LogP) is 3.31. The first kappa shape index (κ1) is 12.6. The molecule has 0 aliphatic rings. The molecule has 2 nitrogen and oxygen atoms in total. The Bertz CT molecular complexity index is 629. The van der Waals surface area contributed by atoms with Gasteiger partial charge in [-0.1, -0.05) is 26.0 Å². The van der Waals surface area contributed by atoms with Gasteiger partial charge >= 0.3 is 0 Å². The van der Waals surface area contributed by atoms with Gasteiger partial charge < -0.3 is 4.57 Å². The maximum Gasteiger partial charge on any atom is 0.258 e. The highest BCUT2D eigenvalue weighted by atomic mass is 19.1. The van der Waals surface area contributed by atoms with Crippen LogP contribution in [0.15, 0.2) is 41.3 Å². The molecule has 18 heavy (non-hydrogen) atoms. The van der Waals surface area contributed by atoms with E-state index in [2.05, 4.69) is 0 Å². The second-order valence-electron chi connectivity index (χ2n) is 4.73. The van der Waals surface area contributed by atoms with E-state index in [0.717, 1.165) is 5.56 Å². The van der Waals surface area contributed by atoms with Crippen molar-refractivity contribution in [2.24, 2.45) is 7.05 Å². The molecule has 0 saturated heterocycles. The summed E-state index contributed by atoms with van der Waals surface area (Å²) in [7, 11) is 1.66. The third-order valence-corrected chi connectivity index (χ3v) is 3.07. The fraction of sp³-hybridized carbons (Fsp3) is 0.267. The molecular formula is C15H16FNO. The maximum atomic E-state index is 14.1. The third-order valence-electron chi connectivity index (χ3n) is 3.07. The van der Waals surface area contributed by atoms with Gasteiger partial charge in [0.05, 0.1) is 5.56 Å². The molecule has 0 radical (unpaired) electrons. The molecule has 0 saturated carbocycles. The van der Waals surface area contributed by atoms with Crippen molar-refractivity contribution >= 4 is 0 Å². The van der Waals surface area contributed by atoms with Crippen molar-refractivity contribution in [1.82, 2.24) is 4.57 Å². The van der Waals surface area contributed by atoms with Crippen LogP contribution in [-0.2, 0) is 7.05 Å². The van der Waals surface area contributed by atoms with Crippen LogP contribution in [0.5, 0.6) is 0 Å². The summed E-state index contributed by atoms with van der Waals surface area (Å²) in [4.78, 5) is 11.9. The van der Waals surface area contributed by atoms with Crippen LogP contribution in [0.1, 0.15) is 25.3 Å². The molecule has 0 aliphatic heterocycles. The number of aromatic nitrogens is 1. The maximum absolute atomic E-state index is 14.1. The molecule has 0 fully saturated rings. The summed E-state index contributed by atoms with van der Waals surface area (Å²) < 4.78 is 15.5. The van der Waals surface area contributed by atoms with Gasteiger partial charge in [0.1, 0.15) is 5.82 Å². The summed E-state index contributed by atoms with van der Waals surface area (Å²) in [5, 5.41) is 0. The Labute approximate surface area is 106 Å². The number of hydrogen-bond donors (Lipinski definition) is 0. The number of hydrogen-bond acceptors (Lipinski definition) is 1. The van der Waals surface area contributed by atoms with E-state index in [4.69, 9.17) is 0 Å². The van der Waals surface area contributed by atoms with Crippen LogP contribution >= 0.6 is 0 Å². The van der Waals surface area contributed by atoms with E-state index in [1.54, 1.807) is 31.4 Å². The lowest BCUT2D eigenvalue weighted by molar-refractivity contribution is 0.626. The monoisotopic (exact) mass is 245 g/mol. The van der Waals surface area contributed by atoms with Gasteiger partial charge in [0.25, 0.3) is 5.56 Å². The van der Waals surface area contributed by atoms with Gasteiger partial charge in [0.15, 0.2) is 0 Å². The highest BCUT2D eigenvalue weighted by Crippen LogP contribution is 2.23. The third kappa shape index (κ3) is 2.21. The molecule has 0 spiro atoms. The molecule has 94 valence electrons. The van der Waals surface area contributed by atoms with E-state index in [0.29, 0.717) is 11.1 Å². The van der Waals surface area contributed by atoms with Crippen LogP contribution in [0.4, 0.5) is 4.39 Å². The van der Waals surface area contributed by atoms with E-state index in [1.807, 2.05) is 19.9 Å². The Hall–Kier alpha value is -1.90. The van der Waals surface area contributed by atoms with Crippen LogP contribution in [0, 0.1) is 5.82 Å². The van der Waals surface area contributed by atoms with Crippen molar-refractivity contribution in [2.75, 3.05) is 0 Å². The molecule has 0 N–H and O–H groups in total. The van der Waals surface area contributed by atoms with Gasteiger partial charge in [-0.3, -0.25) is 4.79 Å². The molecule has 2 aromatic rings. The highest BCUT2D eigenvalue weighted by molar-refractivity contribution is 5.63. The smallest absolute Gasteiger partial charge is 0.258 e. The van der Waals surface area contributed by atoms with Gasteiger partial charge in [-0.25, -0.2) is 4.39 Å². The number of rotatable bonds is 2. The molecule has 0 bridgehead atoms. The van der Waals surface area contributed by atoms with Crippen LogP contribution in [0.2, 0.25) is 0 Å². The Morgan fingerprint density at radius 3 is 2.50 bits per heavy atom. The first-order chi connectivity index (χ1) is 8.50. The minimum Gasteiger partial charge on any atom is -0.318 e. The molecule has 1 aromatic carbocycles. The van der Waals surface area contributed by atoms with Crippen LogP contribution < -0.4 is 5.56 Å². The lowest BCUT2D eigenvalue weighted by atomic mass is 9.99. The van der Waals surface area contributed by atoms with Crippen LogP contribution in [-0.4, -0.2) is 4.57 Å². The molecule has 1 aromatic heterocycles. The van der Waals surface area contributed by atoms with Gasteiger partial charge in [0, 0.05) is 18.8 Å². The summed E-state index contributed by atoms with van der Waals surface area (Å²) in [5.74, 6) is -0.0725. The summed E-state index contributed by atoms with van der Waals surface area (Å²) in [6, 6.07) is 8.45. The molecule has 3 heteroatoms. The zero-order valence-electron chi connectivity index (χ0n) is 10.8. The second-order valence-corrected chi connectivity index (χ2v) is 4.73. The standard InChI is InChI=1S/C15H16FNO/c1-10(2)11-6-7-12(14(16)9-11)13-5-4-8-17(3)15(13)18/h4-10H,1-3H3. The molecule has 1 heterocycles. The topological polar surface area (TPSA) is 22.0 Å². The molecule has 0 aliphatic carbocycles. The average Bonchev–Trinajstić information content (AvgIpc) is 2.33. The lowest BCUT2D eigenvalue weighted by Gasteiger charge is -2.09. The second kappa shape index (κ2) is 4.77. The molecule has 0 atom stereocenters. The first-order valence-electron chi connectivity index (χ1n) is 5.96. The fourth-order valence-corrected chi connectivity index (χ4v) is 1.91. The Balaban J connectivity index is 2.59. The number of nitrogens with zero attached hydrogens (tertiary/aromatic N) is 1. The minimum absolute atomic E-state index is 0.186. The first-order valence-corrected chi connectivity index (χ1v) is 5.96. The highest BCUT2D eigenvalue weighted by Gasteiger charge is 2.11. The Morgan fingerprint density at radius 1 is 1.17 bits per heavy atom. The molecule has 0 amide bonds. The van der Waals surface area contributed by atoms with Crippen molar-refractivity contribution in [3.63, 3.8) is 0 Å². The number of aryl methyl sites for hydroxylation is 1. The summed E-state index contributed by atoms with van der Waals surface area (Å²) in [5.41, 5.74) is 1.51. The van der Waals surface area contributed by atoms with Crippen LogP contribution in [0.25, 0.3) is 11.1 Å². The predicted molar refractivity (Wildman–Crippen MR) is 71.2 cm³/mol. The van der Waals surface area contributed by atoms with Gasteiger partial charge in [-0.05, 0) is 29.7 Å². The summed E-state index contributed by atoms with van der Waals surface area (Å²) in [6.07, 6.45) is 1.66. The van der Waals surface area contributed by atoms with E-state index >= 15 is 0 Å². The summed E-state index contributed by atoms with van der Waals surface area (Å²) >= 11 is 0. The lowest BCUT2D eigenvalue weighted by Crippen LogP contribution is -2.17. The summed E-state index contributed by atoms with van der Waals surface area (Å²) in [6.45, 7) is 4.02.